The van der Waals surface area contributed by atoms with Gasteiger partial charge in [-0.05, 0) is 0 Å². The Bertz CT molecular complexity index is 12.8. The molecule has 25 valence electrons. The minimum atomic E-state index is 0. The third kappa shape index (κ3) is 12.5. The molecular formula is CAuNTi-. The number of hydrogen-bond acceptors (Lipinski definition) is 1. The molecule has 0 saturated carbocycles. The fraction of sp³-hybridized carbons (Fsp3) is 0. The summed E-state index contributed by atoms with van der Waals surface area (Å²) >= 11 is 0. The van der Waals surface area contributed by atoms with Gasteiger partial charge in [-0.1, -0.05) is 0 Å². The van der Waals surface area contributed by atoms with Crippen molar-refractivity contribution in [3.05, 3.63) is 6.57 Å². The third-order valence-electron chi connectivity index (χ3n) is 0. The van der Waals surface area contributed by atoms with Crippen LogP contribution in [-0.2, 0) is 44.1 Å². The van der Waals surface area contributed by atoms with Gasteiger partial charge in [0.2, 0.25) is 0 Å². The Morgan fingerprint density at radius 1 is 1.25 bits per heavy atom. The van der Waals surface area contributed by atoms with E-state index in [-0.39, 0.29) is 44.1 Å². The molecular weight excluding hydrogens is 271 g/mol. The van der Waals surface area contributed by atoms with Crippen LogP contribution >= 0.6 is 0 Å². The van der Waals surface area contributed by atoms with Crippen LogP contribution in [0.5, 0.6) is 0 Å². The van der Waals surface area contributed by atoms with Gasteiger partial charge in [0.25, 0.3) is 0 Å². The molecule has 0 spiro atoms. The molecule has 4 heavy (non-hydrogen) atoms. The maximum absolute atomic E-state index is 6.25. The molecule has 1 nitrogen and oxygen atoms in total. The predicted octanol–water partition coefficient (Wildman–Crippen LogP) is 0.0914. The molecule has 0 aliphatic carbocycles. The molecule has 0 N–H and O–H groups in total. The molecule has 0 aromatic carbocycles. The van der Waals surface area contributed by atoms with Crippen LogP contribution in [0.4, 0.5) is 0 Å². The monoisotopic (exact) mass is 271 g/mol. The zero-order valence-corrected chi connectivity index (χ0v) is 5.48. The van der Waals surface area contributed by atoms with Crippen LogP contribution in [0.3, 0.4) is 0 Å². The van der Waals surface area contributed by atoms with Gasteiger partial charge in [0.05, 0.1) is 0 Å². The van der Waals surface area contributed by atoms with E-state index in [4.69, 9.17) is 11.8 Å². The molecule has 0 atom stereocenters. The van der Waals surface area contributed by atoms with Gasteiger partial charge in [-0.25, -0.2) is 0 Å². The molecule has 0 bridgehead atoms. The number of nitrogens with zero attached hydrogens (tertiary/aromatic N) is 1. The van der Waals surface area contributed by atoms with Crippen LogP contribution in [0.15, 0.2) is 0 Å². The second-order valence-electron chi connectivity index (χ2n) is 0. The largest absolute Gasteiger partial charge is 0.512 e. The summed E-state index contributed by atoms with van der Waals surface area (Å²) in [5.74, 6) is 0. The molecule has 0 heterocycles. The van der Waals surface area contributed by atoms with E-state index < -0.39 is 0 Å². The van der Waals surface area contributed by atoms with Crippen molar-refractivity contribution >= 4 is 0 Å². The van der Waals surface area contributed by atoms with E-state index in [0.717, 1.165) is 0 Å². The van der Waals surface area contributed by atoms with Crippen molar-refractivity contribution in [1.29, 1.82) is 5.26 Å². The van der Waals surface area contributed by atoms with E-state index in [1.165, 1.54) is 0 Å². The molecule has 0 fully saturated rings. The van der Waals surface area contributed by atoms with Crippen LogP contribution in [-0.4, -0.2) is 0 Å². The molecule has 0 saturated heterocycles. The van der Waals surface area contributed by atoms with Crippen molar-refractivity contribution in [3.63, 3.8) is 0 Å². The summed E-state index contributed by atoms with van der Waals surface area (Å²) in [6.45, 7) is 4.75. The summed E-state index contributed by atoms with van der Waals surface area (Å²) in [5.41, 5.74) is 0. The van der Waals surface area contributed by atoms with Gasteiger partial charge in [0.1, 0.15) is 0 Å². The van der Waals surface area contributed by atoms with Gasteiger partial charge in [-0.3, -0.25) is 0 Å². The third-order valence-corrected chi connectivity index (χ3v) is 0. The quantitative estimate of drug-likeness (QED) is 0.452. The van der Waals surface area contributed by atoms with Crippen LogP contribution in [0.2, 0.25) is 0 Å². The van der Waals surface area contributed by atoms with Crippen molar-refractivity contribution in [2.75, 3.05) is 0 Å². The first kappa shape index (κ1) is 20.3. The first-order valence-corrected chi connectivity index (χ1v) is 0.224. The van der Waals surface area contributed by atoms with Gasteiger partial charge in [-0.2, -0.15) is 0 Å². The first-order chi connectivity index (χ1) is 1.00. The van der Waals surface area contributed by atoms with E-state index in [2.05, 4.69) is 0 Å². The second kappa shape index (κ2) is 38.3. The minimum Gasteiger partial charge on any atom is -0.512 e. The van der Waals surface area contributed by atoms with E-state index in [0.29, 0.717) is 0 Å². The van der Waals surface area contributed by atoms with Crippen molar-refractivity contribution in [2.24, 2.45) is 0 Å². The SMILES string of the molecule is [Au].[C-]#N.[Ti]. The predicted molar refractivity (Wildman–Crippen MR) is 4.97 cm³/mol. The molecule has 0 unspecified atom stereocenters. The minimum absolute atomic E-state index is 0. The van der Waals surface area contributed by atoms with Crippen LogP contribution < -0.4 is 0 Å². The second-order valence-corrected chi connectivity index (χ2v) is 0. The summed E-state index contributed by atoms with van der Waals surface area (Å²) in [6.07, 6.45) is 0. The summed E-state index contributed by atoms with van der Waals surface area (Å²) in [5, 5.41) is 6.25. The van der Waals surface area contributed by atoms with Crippen molar-refractivity contribution in [3.8, 4) is 0 Å². The molecule has 0 aliphatic rings. The summed E-state index contributed by atoms with van der Waals surface area (Å²) < 4.78 is 0. The Labute approximate surface area is 55.8 Å². The van der Waals surface area contributed by atoms with Crippen LogP contribution in [0.1, 0.15) is 0 Å². The van der Waals surface area contributed by atoms with Gasteiger partial charge in [0, 0.05) is 44.1 Å². The average molecular weight is 271 g/mol. The van der Waals surface area contributed by atoms with E-state index in [9.17, 15) is 0 Å². The Morgan fingerprint density at radius 2 is 1.25 bits per heavy atom. The molecule has 3 heteroatoms. The zero-order chi connectivity index (χ0) is 2.00. The Balaban J connectivity index is -0.00000000500. The van der Waals surface area contributed by atoms with Gasteiger partial charge in [0.15, 0.2) is 0 Å². The maximum atomic E-state index is 6.25. The van der Waals surface area contributed by atoms with Crippen LogP contribution in [0.25, 0.3) is 0 Å². The van der Waals surface area contributed by atoms with E-state index in [1.54, 1.807) is 0 Å². The molecule has 0 amide bonds. The van der Waals surface area contributed by atoms with Gasteiger partial charge in [-0.15, -0.1) is 0 Å². The Kier molecular flexibility index (Phi) is 195. The van der Waals surface area contributed by atoms with Crippen molar-refractivity contribution < 1.29 is 44.1 Å². The number of hydrogen-bond donors (Lipinski definition) is 0. The fourth-order valence-electron chi connectivity index (χ4n) is 0. The Morgan fingerprint density at radius 3 is 1.25 bits per heavy atom. The summed E-state index contributed by atoms with van der Waals surface area (Å²) in [4.78, 5) is 0. The maximum Gasteiger partial charge on any atom is 0 e. The standard InChI is InChI=1S/CN.Au.Ti/c1-2;;/q-1;;. The first-order valence-electron chi connectivity index (χ1n) is 0.224. The van der Waals surface area contributed by atoms with Crippen LogP contribution in [0, 0.1) is 11.8 Å². The topological polar surface area (TPSA) is 23.8 Å². The molecule has 0 aliphatic heterocycles. The Hall–Kier alpha value is 0.945. The van der Waals surface area contributed by atoms with Gasteiger partial charge < -0.3 is 11.8 Å². The fourth-order valence-corrected chi connectivity index (χ4v) is 0. The summed E-state index contributed by atoms with van der Waals surface area (Å²) in [6, 6.07) is 0. The molecule has 0 aromatic heterocycles. The normalized spacial score (nSPS) is 0.500. The molecule has 0 aromatic rings. The summed E-state index contributed by atoms with van der Waals surface area (Å²) in [7, 11) is 0. The van der Waals surface area contributed by atoms with Gasteiger partial charge >= 0.3 is 0 Å². The number of rotatable bonds is 0. The smallest absolute Gasteiger partial charge is 0 e. The zero-order valence-electron chi connectivity index (χ0n) is 1.75. The van der Waals surface area contributed by atoms with Crippen molar-refractivity contribution in [2.45, 2.75) is 0 Å². The van der Waals surface area contributed by atoms with E-state index >= 15 is 0 Å². The molecule has 0 rings (SSSR count). The molecule has 1 radical (unpaired) electrons. The van der Waals surface area contributed by atoms with E-state index in [1.807, 2.05) is 0 Å². The average Bonchev–Trinajstić information content (AvgIpc) is 1.00. The van der Waals surface area contributed by atoms with Crippen molar-refractivity contribution in [1.82, 2.24) is 0 Å².